The summed E-state index contributed by atoms with van der Waals surface area (Å²) < 4.78 is 31.6. The van der Waals surface area contributed by atoms with Crippen LogP contribution in [0.1, 0.15) is 44.6 Å². The number of rotatable bonds is 11. The molecule has 0 heterocycles. The van der Waals surface area contributed by atoms with Crippen molar-refractivity contribution in [2.45, 2.75) is 57.7 Å². The van der Waals surface area contributed by atoms with E-state index in [9.17, 15) is 18.0 Å². The van der Waals surface area contributed by atoms with E-state index < -0.39 is 28.5 Å². The fourth-order valence-electron chi connectivity index (χ4n) is 4.49. The number of anilines is 1. The van der Waals surface area contributed by atoms with Crippen molar-refractivity contribution in [2.24, 2.45) is 0 Å². The van der Waals surface area contributed by atoms with E-state index in [2.05, 4.69) is 5.32 Å². The Labute approximate surface area is 218 Å². The van der Waals surface area contributed by atoms with Crippen LogP contribution in [0.2, 0.25) is 5.02 Å². The van der Waals surface area contributed by atoms with Gasteiger partial charge < -0.3 is 15.0 Å². The van der Waals surface area contributed by atoms with Crippen LogP contribution in [0.25, 0.3) is 0 Å². The first kappa shape index (κ1) is 27.8. The highest BCUT2D eigenvalue weighted by molar-refractivity contribution is 7.92. The van der Waals surface area contributed by atoms with Crippen LogP contribution in [0.5, 0.6) is 5.75 Å². The van der Waals surface area contributed by atoms with Crippen LogP contribution in [0, 0.1) is 0 Å². The summed E-state index contributed by atoms with van der Waals surface area (Å²) in [5.74, 6) is -0.308. The molecular formula is C26H34ClN3O5S. The number of benzene rings is 2. The molecule has 196 valence electrons. The molecule has 2 aromatic rings. The lowest BCUT2D eigenvalue weighted by molar-refractivity contribution is -0.140. The van der Waals surface area contributed by atoms with Crippen molar-refractivity contribution in [1.29, 1.82) is 0 Å². The van der Waals surface area contributed by atoms with E-state index in [0.29, 0.717) is 12.2 Å². The minimum absolute atomic E-state index is 0.106. The Bertz CT molecular complexity index is 1150. The zero-order valence-corrected chi connectivity index (χ0v) is 22.5. The van der Waals surface area contributed by atoms with Crippen molar-refractivity contribution in [3.8, 4) is 5.75 Å². The van der Waals surface area contributed by atoms with Gasteiger partial charge in [-0.25, -0.2) is 8.42 Å². The molecule has 3 rings (SSSR count). The molecule has 1 unspecified atom stereocenters. The van der Waals surface area contributed by atoms with Gasteiger partial charge >= 0.3 is 0 Å². The Morgan fingerprint density at radius 2 is 1.81 bits per heavy atom. The fourth-order valence-corrected chi connectivity index (χ4v) is 5.58. The number of carbonyl (C=O) groups is 2. The van der Waals surface area contributed by atoms with E-state index in [1.165, 1.54) is 24.1 Å². The number of hydrogen-bond acceptors (Lipinski definition) is 5. The van der Waals surface area contributed by atoms with Crippen LogP contribution < -0.4 is 14.4 Å². The molecule has 8 nitrogen and oxygen atoms in total. The summed E-state index contributed by atoms with van der Waals surface area (Å²) in [5, 5.41) is 3.31. The van der Waals surface area contributed by atoms with Crippen LogP contribution in [0.3, 0.4) is 0 Å². The molecule has 0 aromatic heterocycles. The van der Waals surface area contributed by atoms with Crippen LogP contribution in [-0.4, -0.2) is 57.1 Å². The third kappa shape index (κ3) is 7.13. The number of methoxy groups -OCH3 is 1. The van der Waals surface area contributed by atoms with E-state index in [1.807, 2.05) is 37.3 Å². The summed E-state index contributed by atoms with van der Waals surface area (Å²) in [6.07, 6.45) is 5.42. The number of nitrogens with one attached hydrogen (secondary N) is 1. The lowest BCUT2D eigenvalue weighted by Gasteiger charge is -2.33. The minimum Gasteiger partial charge on any atom is -0.495 e. The monoisotopic (exact) mass is 535 g/mol. The van der Waals surface area contributed by atoms with Gasteiger partial charge in [-0.2, -0.15) is 0 Å². The maximum Gasteiger partial charge on any atom is 0.244 e. The van der Waals surface area contributed by atoms with E-state index in [4.69, 9.17) is 16.3 Å². The quantitative estimate of drug-likeness (QED) is 0.469. The Morgan fingerprint density at radius 3 is 2.36 bits per heavy atom. The van der Waals surface area contributed by atoms with Crippen molar-refractivity contribution < 1.29 is 22.7 Å². The molecule has 2 aromatic carbocycles. The van der Waals surface area contributed by atoms with Crippen LogP contribution >= 0.6 is 11.6 Å². The molecule has 1 N–H and O–H groups in total. The largest absolute Gasteiger partial charge is 0.495 e. The summed E-state index contributed by atoms with van der Waals surface area (Å²) in [7, 11) is -2.38. The second-order valence-electron chi connectivity index (χ2n) is 9.01. The zero-order valence-electron chi connectivity index (χ0n) is 20.9. The third-order valence-electron chi connectivity index (χ3n) is 6.39. The van der Waals surface area contributed by atoms with Crippen molar-refractivity contribution >= 4 is 39.1 Å². The molecule has 0 bridgehead atoms. The lowest BCUT2D eigenvalue weighted by Crippen LogP contribution is -2.53. The van der Waals surface area contributed by atoms with Crippen molar-refractivity contribution in [3.05, 3.63) is 59.1 Å². The molecule has 0 aliphatic heterocycles. The third-order valence-corrected chi connectivity index (χ3v) is 7.82. The number of nitrogens with zero attached hydrogens (tertiary/aromatic N) is 2. The van der Waals surface area contributed by atoms with Gasteiger partial charge in [0.15, 0.2) is 0 Å². The maximum absolute atomic E-state index is 13.7. The van der Waals surface area contributed by atoms with Gasteiger partial charge in [0.1, 0.15) is 18.3 Å². The number of sulfonamides is 1. The highest BCUT2D eigenvalue weighted by Crippen LogP contribution is 2.30. The number of amides is 2. The minimum atomic E-state index is -3.84. The van der Waals surface area contributed by atoms with Gasteiger partial charge in [-0.3, -0.25) is 13.9 Å². The molecule has 1 saturated carbocycles. The van der Waals surface area contributed by atoms with Crippen LogP contribution in [-0.2, 0) is 26.2 Å². The first-order valence-corrected chi connectivity index (χ1v) is 14.3. The number of hydrogen-bond donors (Lipinski definition) is 1. The smallest absolute Gasteiger partial charge is 0.244 e. The van der Waals surface area contributed by atoms with Gasteiger partial charge in [-0.1, -0.05) is 61.7 Å². The molecule has 1 aliphatic carbocycles. The summed E-state index contributed by atoms with van der Waals surface area (Å²) in [5.41, 5.74) is 1.08. The summed E-state index contributed by atoms with van der Waals surface area (Å²) >= 11 is 6.23. The normalized spacial score (nSPS) is 14.8. The van der Waals surface area contributed by atoms with Crippen molar-refractivity contribution in [1.82, 2.24) is 10.2 Å². The fraction of sp³-hybridized carbons (Fsp3) is 0.462. The van der Waals surface area contributed by atoms with Gasteiger partial charge in [0.2, 0.25) is 21.8 Å². The molecular weight excluding hydrogens is 502 g/mol. The molecule has 2 amide bonds. The molecule has 1 fully saturated rings. The Morgan fingerprint density at radius 1 is 1.14 bits per heavy atom. The summed E-state index contributed by atoms with van der Waals surface area (Å²) in [6.45, 7) is 1.56. The maximum atomic E-state index is 13.7. The molecule has 10 heteroatoms. The van der Waals surface area contributed by atoms with Gasteiger partial charge in [-0.15, -0.1) is 0 Å². The summed E-state index contributed by atoms with van der Waals surface area (Å²) in [4.78, 5) is 28.5. The standard InChI is InChI=1S/C26H34ClN3O5S/c1-4-23(26(32)28-20-12-8-9-13-20)29(17-19-10-6-5-7-11-19)25(31)18-30(36(3,33)34)21-14-15-24(35-2)22(27)16-21/h5-7,10-11,14-16,20,23H,4,8-9,12-13,17-18H2,1-3H3,(H,28,32). The van der Waals surface area contributed by atoms with Gasteiger partial charge in [0.25, 0.3) is 0 Å². The first-order valence-electron chi connectivity index (χ1n) is 12.1. The van der Waals surface area contributed by atoms with Crippen LogP contribution in [0.15, 0.2) is 48.5 Å². The topological polar surface area (TPSA) is 96.0 Å². The van der Waals surface area contributed by atoms with Crippen LogP contribution in [0.4, 0.5) is 5.69 Å². The molecule has 1 aliphatic rings. The van der Waals surface area contributed by atoms with E-state index in [1.54, 1.807) is 6.07 Å². The zero-order chi connectivity index (χ0) is 26.3. The Kier molecular flexibility index (Phi) is 9.62. The molecule has 0 radical (unpaired) electrons. The average molecular weight is 536 g/mol. The molecule has 36 heavy (non-hydrogen) atoms. The van der Waals surface area contributed by atoms with E-state index in [0.717, 1.165) is 41.8 Å². The average Bonchev–Trinajstić information content (AvgIpc) is 3.35. The second-order valence-corrected chi connectivity index (χ2v) is 11.3. The van der Waals surface area contributed by atoms with Crippen molar-refractivity contribution in [3.63, 3.8) is 0 Å². The SMILES string of the molecule is CCC(C(=O)NC1CCCC1)N(Cc1ccccc1)C(=O)CN(c1ccc(OC)c(Cl)c1)S(C)(=O)=O. The predicted octanol–water partition coefficient (Wildman–Crippen LogP) is 3.98. The van der Waals surface area contributed by atoms with Gasteiger partial charge in [0.05, 0.1) is 24.1 Å². The van der Waals surface area contributed by atoms with Gasteiger partial charge in [-0.05, 0) is 43.0 Å². The number of carbonyl (C=O) groups excluding carboxylic acids is 2. The number of ether oxygens (including phenoxy) is 1. The summed E-state index contributed by atoms with van der Waals surface area (Å²) in [6, 6.07) is 13.2. The Balaban J connectivity index is 1.91. The predicted molar refractivity (Wildman–Crippen MR) is 142 cm³/mol. The van der Waals surface area contributed by atoms with Crippen molar-refractivity contribution in [2.75, 3.05) is 24.2 Å². The van der Waals surface area contributed by atoms with E-state index >= 15 is 0 Å². The molecule has 1 atom stereocenters. The second kappa shape index (κ2) is 12.5. The Hall–Kier alpha value is -2.78. The number of halogens is 1. The molecule has 0 saturated heterocycles. The highest BCUT2D eigenvalue weighted by atomic mass is 35.5. The molecule has 0 spiro atoms. The first-order chi connectivity index (χ1) is 17.1. The van der Waals surface area contributed by atoms with E-state index in [-0.39, 0.29) is 29.2 Å². The lowest BCUT2D eigenvalue weighted by atomic mass is 10.1. The highest BCUT2D eigenvalue weighted by Gasteiger charge is 2.33. The van der Waals surface area contributed by atoms with Gasteiger partial charge in [0, 0.05) is 12.6 Å².